The van der Waals surface area contributed by atoms with Crippen molar-refractivity contribution < 1.29 is 4.79 Å². The van der Waals surface area contributed by atoms with Gasteiger partial charge in [0.2, 0.25) is 5.91 Å². The number of piperidine rings is 1. The Hall–Kier alpha value is -1.69. The monoisotopic (exact) mass is 332 g/mol. The standard InChI is InChI=1S/C17H24N4OS/c1-13-18-7-10-20(13)9-6-16-5-3-4-8-21(16)17(22)11-15-12-23-14(2)19-15/h7,10,12,16H,3-6,8-9,11H2,1-2H3/t16-/m0/s1. The first kappa shape index (κ1) is 16.2. The van der Waals surface area contributed by atoms with Crippen LogP contribution in [0.15, 0.2) is 17.8 Å². The van der Waals surface area contributed by atoms with Gasteiger partial charge in [0.1, 0.15) is 5.82 Å². The minimum Gasteiger partial charge on any atom is -0.339 e. The summed E-state index contributed by atoms with van der Waals surface area (Å²) in [4.78, 5) is 23.5. The van der Waals surface area contributed by atoms with Gasteiger partial charge in [0.05, 0.1) is 17.1 Å². The summed E-state index contributed by atoms with van der Waals surface area (Å²) in [6, 6.07) is 0.345. The van der Waals surface area contributed by atoms with Crippen molar-refractivity contribution >= 4 is 17.2 Å². The third kappa shape index (κ3) is 3.99. The van der Waals surface area contributed by atoms with Gasteiger partial charge in [-0.05, 0) is 39.5 Å². The summed E-state index contributed by atoms with van der Waals surface area (Å²) < 4.78 is 2.17. The lowest BCUT2D eigenvalue weighted by Gasteiger charge is -2.36. The number of rotatable bonds is 5. The molecule has 2 aromatic rings. The minimum atomic E-state index is 0.224. The number of carbonyl (C=O) groups excluding carboxylic acids is 1. The highest BCUT2D eigenvalue weighted by Crippen LogP contribution is 2.22. The first-order chi connectivity index (χ1) is 11.1. The van der Waals surface area contributed by atoms with Crippen molar-refractivity contribution in [2.75, 3.05) is 6.54 Å². The fourth-order valence-electron chi connectivity index (χ4n) is 3.30. The van der Waals surface area contributed by atoms with Crippen molar-refractivity contribution in [1.29, 1.82) is 0 Å². The third-order valence-corrected chi connectivity index (χ3v) is 5.40. The van der Waals surface area contributed by atoms with E-state index in [0.717, 1.165) is 48.9 Å². The molecule has 0 radical (unpaired) electrons. The number of aryl methyl sites for hydroxylation is 3. The van der Waals surface area contributed by atoms with E-state index in [-0.39, 0.29) is 5.91 Å². The molecule has 0 aromatic carbocycles. The molecule has 0 N–H and O–H groups in total. The molecule has 5 nitrogen and oxygen atoms in total. The number of aromatic nitrogens is 3. The van der Waals surface area contributed by atoms with Crippen molar-refractivity contribution in [1.82, 2.24) is 19.4 Å². The van der Waals surface area contributed by atoms with Crippen molar-refractivity contribution in [2.45, 2.75) is 58.5 Å². The van der Waals surface area contributed by atoms with Gasteiger partial charge in [-0.2, -0.15) is 0 Å². The Balaban J connectivity index is 1.61. The largest absolute Gasteiger partial charge is 0.339 e. The predicted octanol–water partition coefficient (Wildman–Crippen LogP) is 2.97. The van der Waals surface area contributed by atoms with Crippen LogP contribution in [0.25, 0.3) is 0 Å². The molecular formula is C17H24N4OS. The molecular weight excluding hydrogens is 308 g/mol. The Kier molecular flexibility index (Phi) is 5.10. The van der Waals surface area contributed by atoms with E-state index in [1.165, 1.54) is 6.42 Å². The molecule has 6 heteroatoms. The quantitative estimate of drug-likeness (QED) is 0.846. The normalized spacial score (nSPS) is 18.3. The maximum absolute atomic E-state index is 12.7. The molecule has 1 amide bonds. The molecule has 0 aliphatic carbocycles. The summed E-state index contributed by atoms with van der Waals surface area (Å²) in [5, 5.41) is 3.03. The van der Waals surface area contributed by atoms with Crippen molar-refractivity contribution in [3.8, 4) is 0 Å². The van der Waals surface area contributed by atoms with E-state index >= 15 is 0 Å². The highest BCUT2D eigenvalue weighted by molar-refractivity contribution is 7.09. The molecule has 23 heavy (non-hydrogen) atoms. The summed E-state index contributed by atoms with van der Waals surface area (Å²) in [6.07, 6.45) is 8.72. The molecule has 0 spiro atoms. The van der Waals surface area contributed by atoms with Gasteiger partial charge in [0.15, 0.2) is 0 Å². The van der Waals surface area contributed by atoms with Crippen molar-refractivity contribution in [3.05, 3.63) is 34.3 Å². The third-order valence-electron chi connectivity index (χ3n) is 4.57. The topological polar surface area (TPSA) is 51.0 Å². The number of likely N-dealkylation sites (tertiary alicyclic amines) is 1. The number of hydrogen-bond donors (Lipinski definition) is 0. The second kappa shape index (κ2) is 7.25. The summed E-state index contributed by atoms with van der Waals surface area (Å²) in [7, 11) is 0. The Bertz CT molecular complexity index is 663. The highest BCUT2D eigenvalue weighted by Gasteiger charge is 2.26. The van der Waals surface area contributed by atoms with Crippen LogP contribution in [0.4, 0.5) is 0 Å². The van der Waals surface area contributed by atoms with Gasteiger partial charge in [-0.3, -0.25) is 4.79 Å². The van der Waals surface area contributed by atoms with E-state index in [1.807, 2.05) is 31.6 Å². The lowest BCUT2D eigenvalue weighted by Crippen LogP contribution is -2.45. The lowest BCUT2D eigenvalue weighted by molar-refractivity contribution is -0.134. The smallest absolute Gasteiger partial charge is 0.228 e. The molecule has 1 aliphatic rings. The summed E-state index contributed by atoms with van der Waals surface area (Å²) >= 11 is 1.61. The van der Waals surface area contributed by atoms with E-state index in [1.54, 1.807) is 11.3 Å². The number of thiazole rings is 1. The van der Waals surface area contributed by atoms with Crippen LogP contribution >= 0.6 is 11.3 Å². The molecule has 3 heterocycles. The van der Waals surface area contributed by atoms with Crippen LogP contribution in [0.2, 0.25) is 0 Å². The molecule has 0 unspecified atom stereocenters. The summed E-state index contributed by atoms with van der Waals surface area (Å²) in [6.45, 7) is 5.82. The van der Waals surface area contributed by atoms with Gasteiger partial charge in [-0.15, -0.1) is 11.3 Å². The second-order valence-corrected chi connectivity index (χ2v) is 7.29. The van der Waals surface area contributed by atoms with Gasteiger partial charge in [0.25, 0.3) is 0 Å². The van der Waals surface area contributed by atoms with E-state index in [0.29, 0.717) is 12.5 Å². The molecule has 3 rings (SSSR count). The molecule has 2 aromatic heterocycles. The second-order valence-electron chi connectivity index (χ2n) is 6.23. The van der Waals surface area contributed by atoms with Crippen LogP contribution in [0.3, 0.4) is 0 Å². The fraction of sp³-hybridized carbons (Fsp3) is 0.588. The SMILES string of the molecule is Cc1nc(CC(=O)N2CCCC[C@H]2CCn2ccnc2C)cs1. The average Bonchev–Trinajstić information content (AvgIpc) is 3.14. The van der Waals surface area contributed by atoms with E-state index in [9.17, 15) is 4.79 Å². The van der Waals surface area contributed by atoms with Gasteiger partial charge in [-0.1, -0.05) is 0 Å². The van der Waals surface area contributed by atoms with E-state index < -0.39 is 0 Å². The Morgan fingerprint density at radius 2 is 2.26 bits per heavy atom. The zero-order valence-corrected chi connectivity index (χ0v) is 14.7. The maximum atomic E-state index is 12.7. The lowest BCUT2D eigenvalue weighted by atomic mass is 9.98. The fourth-order valence-corrected chi connectivity index (χ4v) is 3.92. The number of imidazole rings is 1. The van der Waals surface area contributed by atoms with E-state index in [4.69, 9.17) is 0 Å². The summed E-state index contributed by atoms with van der Waals surface area (Å²) in [5.41, 5.74) is 0.910. The molecule has 0 bridgehead atoms. The number of hydrogen-bond acceptors (Lipinski definition) is 4. The zero-order chi connectivity index (χ0) is 16.2. The van der Waals surface area contributed by atoms with Crippen LogP contribution in [0.5, 0.6) is 0 Å². The van der Waals surface area contributed by atoms with Crippen molar-refractivity contribution in [2.24, 2.45) is 0 Å². The Labute approximate surface area is 141 Å². The van der Waals surface area contributed by atoms with Crippen LogP contribution in [0.1, 0.15) is 42.2 Å². The van der Waals surface area contributed by atoms with Crippen LogP contribution in [0, 0.1) is 13.8 Å². The van der Waals surface area contributed by atoms with Crippen molar-refractivity contribution in [3.63, 3.8) is 0 Å². The van der Waals surface area contributed by atoms with E-state index in [2.05, 4.69) is 19.4 Å². The van der Waals surface area contributed by atoms with Gasteiger partial charge < -0.3 is 9.47 Å². The van der Waals surface area contributed by atoms with Gasteiger partial charge >= 0.3 is 0 Å². The zero-order valence-electron chi connectivity index (χ0n) is 13.9. The van der Waals surface area contributed by atoms with Crippen LogP contribution in [-0.4, -0.2) is 37.9 Å². The predicted molar refractivity (Wildman–Crippen MR) is 91.5 cm³/mol. The number of nitrogens with zero attached hydrogens (tertiary/aromatic N) is 4. The number of amides is 1. The highest BCUT2D eigenvalue weighted by atomic mass is 32.1. The first-order valence-electron chi connectivity index (χ1n) is 8.31. The molecule has 1 fully saturated rings. The van der Waals surface area contributed by atoms with Gasteiger partial charge in [-0.25, -0.2) is 9.97 Å². The molecule has 124 valence electrons. The first-order valence-corrected chi connectivity index (χ1v) is 9.19. The minimum absolute atomic E-state index is 0.224. The van der Waals surface area contributed by atoms with Crippen LogP contribution < -0.4 is 0 Å². The number of carbonyl (C=O) groups is 1. The Morgan fingerprint density at radius 3 is 2.96 bits per heavy atom. The molecule has 1 atom stereocenters. The average molecular weight is 332 g/mol. The maximum Gasteiger partial charge on any atom is 0.228 e. The molecule has 1 aliphatic heterocycles. The van der Waals surface area contributed by atoms with Gasteiger partial charge in [0, 0.05) is 36.9 Å². The Morgan fingerprint density at radius 1 is 1.39 bits per heavy atom. The summed E-state index contributed by atoms with van der Waals surface area (Å²) in [5.74, 6) is 1.26. The van der Waals surface area contributed by atoms with Crippen LogP contribution in [-0.2, 0) is 17.8 Å². The molecule has 0 saturated carbocycles. The molecule has 1 saturated heterocycles.